The van der Waals surface area contributed by atoms with Gasteiger partial charge in [0.15, 0.2) is 0 Å². The molecule has 1 rings (SSSR count). The number of nitrogens with zero attached hydrogens (tertiary/aromatic N) is 1. The molecule has 0 aliphatic heterocycles. The van der Waals surface area contributed by atoms with Crippen molar-refractivity contribution >= 4 is 16.2 Å². The SMILES string of the molecule is COC(=O)CCN(C)S(=O)(=O)NCCCc1ccccc1. The Balaban J connectivity index is 2.30. The first-order valence-electron chi connectivity index (χ1n) is 6.77. The van der Waals surface area contributed by atoms with E-state index in [0.717, 1.165) is 10.7 Å². The molecule has 0 aromatic heterocycles. The van der Waals surface area contributed by atoms with Crippen molar-refractivity contribution in [3.05, 3.63) is 35.9 Å². The van der Waals surface area contributed by atoms with Crippen molar-refractivity contribution in [3.8, 4) is 0 Å². The molecule has 7 heteroatoms. The molecule has 1 aromatic carbocycles. The Morgan fingerprint density at radius 1 is 1.29 bits per heavy atom. The van der Waals surface area contributed by atoms with Gasteiger partial charge in [0.05, 0.1) is 13.5 Å². The average molecular weight is 314 g/mol. The molecule has 1 N–H and O–H groups in total. The minimum absolute atomic E-state index is 0.0396. The summed E-state index contributed by atoms with van der Waals surface area (Å²) in [6, 6.07) is 9.89. The predicted molar refractivity (Wildman–Crippen MR) is 80.9 cm³/mol. The van der Waals surface area contributed by atoms with E-state index in [2.05, 4.69) is 9.46 Å². The van der Waals surface area contributed by atoms with Gasteiger partial charge >= 0.3 is 5.97 Å². The molecule has 0 amide bonds. The van der Waals surface area contributed by atoms with Gasteiger partial charge in [0.1, 0.15) is 0 Å². The van der Waals surface area contributed by atoms with Crippen LogP contribution in [-0.2, 0) is 26.2 Å². The summed E-state index contributed by atoms with van der Waals surface area (Å²) in [6.07, 6.45) is 1.57. The normalized spacial score (nSPS) is 11.6. The van der Waals surface area contributed by atoms with Gasteiger partial charge in [-0.1, -0.05) is 30.3 Å². The summed E-state index contributed by atoms with van der Waals surface area (Å²) >= 11 is 0. The fourth-order valence-electron chi connectivity index (χ4n) is 1.72. The molecular weight excluding hydrogens is 292 g/mol. The van der Waals surface area contributed by atoms with Crippen LogP contribution in [0, 0.1) is 0 Å². The van der Waals surface area contributed by atoms with Crippen molar-refractivity contribution in [3.63, 3.8) is 0 Å². The van der Waals surface area contributed by atoms with Crippen LogP contribution in [0.4, 0.5) is 0 Å². The maximum absolute atomic E-state index is 11.9. The minimum Gasteiger partial charge on any atom is -0.469 e. The fourth-order valence-corrected chi connectivity index (χ4v) is 2.67. The Morgan fingerprint density at radius 3 is 2.57 bits per heavy atom. The first kappa shape index (κ1) is 17.6. The number of hydrogen-bond acceptors (Lipinski definition) is 4. The van der Waals surface area contributed by atoms with Crippen LogP contribution in [0.1, 0.15) is 18.4 Å². The van der Waals surface area contributed by atoms with Crippen LogP contribution in [-0.4, -0.2) is 45.9 Å². The van der Waals surface area contributed by atoms with Crippen LogP contribution in [0.2, 0.25) is 0 Å². The van der Waals surface area contributed by atoms with Crippen LogP contribution in [0.3, 0.4) is 0 Å². The molecule has 0 unspecified atom stereocenters. The number of nitrogens with one attached hydrogen (secondary N) is 1. The topological polar surface area (TPSA) is 75.7 Å². The van der Waals surface area contributed by atoms with Crippen LogP contribution >= 0.6 is 0 Å². The molecule has 0 bridgehead atoms. The molecule has 0 aliphatic carbocycles. The lowest BCUT2D eigenvalue weighted by Gasteiger charge is -2.17. The van der Waals surface area contributed by atoms with E-state index in [4.69, 9.17) is 0 Å². The van der Waals surface area contributed by atoms with E-state index in [1.165, 1.54) is 19.7 Å². The van der Waals surface area contributed by atoms with E-state index in [9.17, 15) is 13.2 Å². The van der Waals surface area contributed by atoms with Gasteiger partial charge in [0.25, 0.3) is 10.2 Å². The van der Waals surface area contributed by atoms with Crippen molar-refractivity contribution < 1.29 is 17.9 Å². The van der Waals surface area contributed by atoms with Crippen molar-refractivity contribution in [1.29, 1.82) is 0 Å². The number of aryl methyl sites for hydroxylation is 1. The summed E-state index contributed by atoms with van der Waals surface area (Å²) in [4.78, 5) is 11.0. The molecule has 0 heterocycles. The highest BCUT2D eigenvalue weighted by molar-refractivity contribution is 7.87. The molecule has 118 valence electrons. The average Bonchev–Trinajstić information content (AvgIpc) is 2.49. The van der Waals surface area contributed by atoms with Gasteiger partial charge in [-0.2, -0.15) is 12.7 Å². The van der Waals surface area contributed by atoms with Crippen molar-refractivity contribution in [2.24, 2.45) is 0 Å². The largest absolute Gasteiger partial charge is 0.469 e. The Hall–Kier alpha value is -1.44. The number of rotatable bonds is 9. The molecular formula is C14H22N2O4S. The third-order valence-corrected chi connectivity index (χ3v) is 4.61. The third-order valence-electron chi connectivity index (χ3n) is 3.04. The highest BCUT2D eigenvalue weighted by Crippen LogP contribution is 2.02. The first-order valence-corrected chi connectivity index (χ1v) is 8.21. The second-order valence-electron chi connectivity index (χ2n) is 4.64. The fraction of sp³-hybridized carbons (Fsp3) is 0.500. The number of benzene rings is 1. The van der Waals surface area contributed by atoms with Gasteiger partial charge in [0, 0.05) is 20.1 Å². The quantitative estimate of drug-likeness (QED) is 0.544. The maximum Gasteiger partial charge on any atom is 0.306 e. The van der Waals surface area contributed by atoms with Crippen LogP contribution < -0.4 is 4.72 Å². The second kappa shape index (κ2) is 8.76. The Morgan fingerprint density at radius 2 is 1.95 bits per heavy atom. The first-order chi connectivity index (χ1) is 9.95. The summed E-state index contributed by atoms with van der Waals surface area (Å²) in [5, 5.41) is 0. The number of methoxy groups -OCH3 is 1. The van der Waals surface area contributed by atoms with Crippen LogP contribution in [0.5, 0.6) is 0 Å². The van der Waals surface area contributed by atoms with Gasteiger partial charge in [-0.15, -0.1) is 0 Å². The lowest BCUT2D eigenvalue weighted by Crippen LogP contribution is -2.39. The molecule has 0 atom stereocenters. The van der Waals surface area contributed by atoms with Gasteiger partial charge in [-0.3, -0.25) is 4.79 Å². The van der Waals surface area contributed by atoms with Crippen LogP contribution in [0.15, 0.2) is 30.3 Å². The van der Waals surface area contributed by atoms with Crippen molar-refractivity contribution in [2.75, 3.05) is 27.2 Å². The maximum atomic E-state index is 11.9. The highest BCUT2D eigenvalue weighted by atomic mass is 32.2. The van der Waals surface area contributed by atoms with Gasteiger partial charge in [-0.05, 0) is 18.4 Å². The summed E-state index contributed by atoms with van der Waals surface area (Å²) in [5.74, 6) is -0.430. The Labute approximate surface area is 126 Å². The van der Waals surface area contributed by atoms with Gasteiger partial charge < -0.3 is 4.74 Å². The predicted octanol–water partition coefficient (Wildman–Crippen LogP) is 0.949. The number of carbonyl (C=O) groups excluding carboxylic acids is 1. The second-order valence-corrected chi connectivity index (χ2v) is 6.50. The van der Waals surface area contributed by atoms with Crippen molar-refractivity contribution in [2.45, 2.75) is 19.3 Å². The zero-order valence-corrected chi connectivity index (χ0v) is 13.2. The smallest absolute Gasteiger partial charge is 0.306 e. The molecule has 0 saturated heterocycles. The molecule has 0 aliphatic rings. The lowest BCUT2D eigenvalue weighted by molar-refractivity contribution is -0.140. The van der Waals surface area contributed by atoms with E-state index in [0.29, 0.717) is 13.0 Å². The molecule has 21 heavy (non-hydrogen) atoms. The standard InChI is InChI=1S/C14H22N2O4S/c1-16(12-10-14(17)20-2)21(18,19)15-11-6-9-13-7-4-3-5-8-13/h3-5,7-8,15H,6,9-12H2,1-2H3. The lowest BCUT2D eigenvalue weighted by atomic mass is 10.1. The number of esters is 1. The molecule has 1 aromatic rings. The number of hydrogen-bond donors (Lipinski definition) is 1. The summed E-state index contributed by atoms with van der Waals surface area (Å²) in [6.45, 7) is 0.459. The van der Waals surface area contributed by atoms with Gasteiger partial charge in [-0.25, -0.2) is 4.72 Å². The monoisotopic (exact) mass is 314 g/mol. The van der Waals surface area contributed by atoms with Gasteiger partial charge in [0.2, 0.25) is 0 Å². The van der Waals surface area contributed by atoms with E-state index in [1.54, 1.807) is 0 Å². The molecule has 0 saturated carbocycles. The molecule has 6 nitrogen and oxygen atoms in total. The Kier molecular flexibility index (Phi) is 7.35. The Bertz CT molecular complexity index is 531. The van der Waals surface area contributed by atoms with Crippen molar-refractivity contribution in [1.82, 2.24) is 9.03 Å². The van der Waals surface area contributed by atoms with E-state index in [-0.39, 0.29) is 13.0 Å². The number of ether oxygens (including phenoxy) is 1. The highest BCUT2D eigenvalue weighted by Gasteiger charge is 2.17. The molecule has 0 radical (unpaired) electrons. The summed E-state index contributed by atoms with van der Waals surface area (Å²) < 4.78 is 31.9. The molecule has 0 fully saturated rings. The van der Waals surface area contributed by atoms with Crippen LogP contribution in [0.25, 0.3) is 0 Å². The zero-order valence-electron chi connectivity index (χ0n) is 12.4. The summed E-state index contributed by atoms with van der Waals surface area (Å²) in [7, 11) is -0.834. The minimum atomic E-state index is -3.54. The molecule has 0 spiro atoms. The zero-order chi connectivity index (χ0) is 15.7. The van der Waals surface area contributed by atoms with E-state index < -0.39 is 16.2 Å². The number of carbonyl (C=O) groups is 1. The summed E-state index contributed by atoms with van der Waals surface area (Å²) in [5.41, 5.74) is 1.18. The van der Waals surface area contributed by atoms with E-state index >= 15 is 0 Å². The van der Waals surface area contributed by atoms with E-state index in [1.807, 2.05) is 30.3 Å². The third kappa shape index (κ3) is 6.70.